The van der Waals surface area contributed by atoms with Gasteiger partial charge >= 0.3 is 6.18 Å². The van der Waals surface area contributed by atoms with Gasteiger partial charge < -0.3 is 0 Å². The van der Waals surface area contributed by atoms with Crippen molar-refractivity contribution in [1.82, 2.24) is 0 Å². The maximum Gasteiger partial charge on any atom is 0.416 e. The molecule has 1 aromatic carbocycles. The number of benzene rings is 1. The Morgan fingerprint density at radius 3 is 2.12 bits per heavy atom. The molecule has 2 rings (SSSR count). The number of rotatable bonds is 2. The highest BCUT2D eigenvalue weighted by molar-refractivity contribution is 5.39. The summed E-state index contributed by atoms with van der Waals surface area (Å²) in [5, 5.41) is 0. The van der Waals surface area contributed by atoms with Crippen molar-refractivity contribution in [2.75, 3.05) is 0 Å². The molecule has 94 valence electrons. The Morgan fingerprint density at radius 1 is 1.12 bits per heavy atom. The van der Waals surface area contributed by atoms with Crippen LogP contribution in [-0.2, 0) is 11.6 Å². The minimum absolute atomic E-state index is 0.0229. The third-order valence-corrected chi connectivity index (χ3v) is 3.65. The summed E-state index contributed by atoms with van der Waals surface area (Å²) in [6.45, 7) is 5.88. The van der Waals surface area contributed by atoms with Gasteiger partial charge in [0.25, 0.3) is 0 Å². The SMILES string of the molecule is CC(C)c1cc(C(F)(F)F)cc(C2(C)CC2)c1. The van der Waals surface area contributed by atoms with E-state index in [-0.39, 0.29) is 11.3 Å². The van der Waals surface area contributed by atoms with Crippen LogP contribution in [0.25, 0.3) is 0 Å². The van der Waals surface area contributed by atoms with E-state index in [1.165, 1.54) is 12.1 Å². The molecule has 0 heterocycles. The first-order valence-electron chi connectivity index (χ1n) is 5.95. The molecule has 0 spiro atoms. The fraction of sp³-hybridized carbons (Fsp3) is 0.571. The zero-order valence-electron chi connectivity index (χ0n) is 10.4. The summed E-state index contributed by atoms with van der Waals surface area (Å²) in [5.41, 5.74) is 1.09. The standard InChI is InChI=1S/C14H17F3/c1-9(2)10-6-11(13(3)4-5-13)8-12(7-10)14(15,16)17/h6-9H,4-5H2,1-3H3. The second-order valence-electron chi connectivity index (χ2n) is 5.56. The molecule has 0 unspecified atom stereocenters. The van der Waals surface area contributed by atoms with Gasteiger partial charge in [0.15, 0.2) is 0 Å². The van der Waals surface area contributed by atoms with Crippen LogP contribution in [0.3, 0.4) is 0 Å². The van der Waals surface area contributed by atoms with Gasteiger partial charge in [0.05, 0.1) is 5.56 Å². The van der Waals surface area contributed by atoms with Gasteiger partial charge in [0, 0.05) is 0 Å². The second kappa shape index (κ2) is 3.76. The van der Waals surface area contributed by atoms with Crippen LogP contribution in [0.4, 0.5) is 13.2 Å². The fourth-order valence-corrected chi connectivity index (χ4v) is 1.97. The van der Waals surface area contributed by atoms with Gasteiger partial charge in [0.1, 0.15) is 0 Å². The Bertz CT molecular complexity index is 402. The molecule has 1 saturated carbocycles. The first-order valence-corrected chi connectivity index (χ1v) is 5.95. The van der Waals surface area contributed by atoms with Gasteiger partial charge in [0.2, 0.25) is 0 Å². The molecule has 1 aliphatic carbocycles. The molecule has 1 fully saturated rings. The summed E-state index contributed by atoms with van der Waals surface area (Å²) in [5.74, 6) is 0.124. The summed E-state index contributed by atoms with van der Waals surface area (Å²) in [6, 6.07) is 4.53. The molecular formula is C14H17F3. The lowest BCUT2D eigenvalue weighted by Crippen LogP contribution is -2.10. The smallest absolute Gasteiger partial charge is 0.166 e. The molecule has 0 N–H and O–H groups in total. The molecule has 0 saturated heterocycles. The topological polar surface area (TPSA) is 0 Å². The molecule has 3 heteroatoms. The Labute approximate surface area is 99.8 Å². The quantitative estimate of drug-likeness (QED) is 0.693. The molecule has 0 nitrogen and oxygen atoms in total. The van der Waals surface area contributed by atoms with Crippen molar-refractivity contribution in [3.8, 4) is 0 Å². The zero-order chi connectivity index (χ0) is 12.8. The minimum atomic E-state index is -4.25. The van der Waals surface area contributed by atoms with Crippen LogP contribution in [0.5, 0.6) is 0 Å². The zero-order valence-corrected chi connectivity index (χ0v) is 10.4. The third kappa shape index (κ3) is 2.48. The van der Waals surface area contributed by atoms with E-state index in [1.807, 2.05) is 26.8 Å². The van der Waals surface area contributed by atoms with Crippen LogP contribution in [-0.4, -0.2) is 0 Å². The summed E-state index contributed by atoms with van der Waals surface area (Å²) in [7, 11) is 0. The Morgan fingerprint density at radius 2 is 1.71 bits per heavy atom. The number of hydrogen-bond donors (Lipinski definition) is 0. The second-order valence-corrected chi connectivity index (χ2v) is 5.56. The maximum atomic E-state index is 12.8. The lowest BCUT2D eigenvalue weighted by Gasteiger charge is -2.17. The average Bonchev–Trinajstić information content (AvgIpc) is 2.96. The highest BCUT2D eigenvalue weighted by Crippen LogP contribution is 2.49. The number of halogens is 3. The van der Waals surface area contributed by atoms with Gasteiger partial charge in [-0.3, -0.25) is 0 Å². The van der Waals surface area contributed by atoms with E-state index in [0.717, 1.165) is 24.0 Å². The summed E-state index contributed by atoms with van der Waals surface area (Å²) < 4.78 is 38.5. The monoisotopic (exact) mass is 242 g/mol. The third-order valence-electron chi connectivity index (χ3n) is 3.65. The molecule has 17 heavy (non-hydrogen) atoms. The van der Waals surface area contributed by atoms with E-state index in [4.69, 9.17) is 0 Å². The first-order chi connectivity index (χ1) is 7.72. The number of alkyl halides is 3. The molecule has 0 amide bonds. The lowest BCUT2D eigenvalue weighted by atomic mass is 9.90. The number of hydrogen-bond acceptors (Lipinski definition) is 0. The molecule has 0 aromatic heterocycles. The summed E-state index contributed by atoms with van der Waals surface area (Å²) >= 11 is 0. The maximum absolute atomic E-state index is 12.8. The van der Waals surface area contributed by atoms with Crippen LogP contribution in [0.1, 0.15) is 56.2 Å². The largest absolute Gasteiger partial charge is 0.416 e. The van der Waals surface area contributed by atoms with Gasteiger partial charge in [-0.05, 0) is 47.4 Å². The molecule has 0 radical (unpaired) electrons. The predicted octanol–water partition coefficient (Wildman–Crippen LogP) is 4.88. The molecule has 1 aliphatic rings. The van der Waals surface area contributed by atoms with Crippen molar-refractivity contribution >= 4 is 0 Å². The van der Waals surface area contributed by atoms with Crippen molar-refractivity contribution < 1.29 is 13.2 Å². The van der Waals surface area contributed by atoms with E-state index in [9.17, 15) is 13.2 Å². The van der Waals surface area contributed by atoms with E-state index < -0.39 is 11.7 Å². The highest BCUT2D eigenvalue weighted by Gasteiger charge is 2.41. The first kappa shape index (κ1) is 12.5. The highest BCUT2D eigenvalue weighted by atomic mass is 19.4. The lowest BCUT2D eigenvalue weighted by molar-refractivity contribution is -0.137. The van der Waals surface area contributed by atoms with Crippen molar-refractivity contribution in [2.45, 2.75) is 51.1 Å². The van der Waals surface area contributed by atoms with Crippen molar-refractivity contribution in [3.63, 3.8) is 0 Å². The molecule has 0 bridgehead atoms. The van der Waals surface area contributed by atoms with Gasteiger partial charge in [-0.1, -0.05) is 26.8 Å². The fourth-order valence-electron chi connectivity index (χ4n) is 1.97. The van der Waals surface area contributed by atoms with Crippen LogP contribution >= 0.6 is 0 Å². The van der Waals surface area contributed by atoms with Crippen LogP contribution < -0.4 is 0 Å². The molecule has 0 atom stereocenters. The van der Waals surface area contributed by atoms with Crippen molar-refractivity contribution in [3.05, 3.63) is 34.9 Å². The van der Waals surface area contributed by atoms with Gasteiger partial charge in [-0.25, -0.2) is 0 Å². The normalized spacial score (nSPS) is 18.5. The Balaban J connectivity index is 2.51. The van der Waals surface area contributed by atoms with E-state index in [1.54, 1.807) is 0 Å². The summed E-state index contributed by atoms with van der Waals surface area (Å²) in [4.78, 5) is 0. The van der Waals surface area contributed by atoms with Crippen molar-refractivity contribution in [1.29, 1.82) is 0 Å². The van der Waals surface area contributed by atoms with Crippen molar-refractivity contribution in [2.24, 2.45) is 0 Å². The molecule has 0 aliphatic heterocycles. The Kier molecular flexibility index (Phi) is 2.75. The van der Waals surface area contributed by atoms with Crippen LogP contribution in [0.15, 0.2) is 18.2 Å². The van der Waals surface area contributed by atoms with E-state index >= 15 is 0 Å². The minimum Gasteiger partial charge on any atom is -0.166 e. The molecular weight excluding hydrogens is 225 g/mol. The Hall–Kier alpha value is -0.990. The van der Waals surface area contributed by atoms with Crippen LogP contribution in [0, 0.1) is 0 Å². The average molecular weight is 242 g/mol. The van der Waals surface area contributed by atoms with E-state index in [0.29, 0.717) is 0 Å². The van der Waals surface area contributed by atoms with Crippen LogP contribution in [0.2, 0.25) is 0 Å². The van der Waals surface area contributed by atoms with E-state index in [2.05, 4.69) is 0 Å². The predicted molar refractivity (Wildman–Crippen MR) is 62.1 cm³/mol. The molecule has 1 aromatic rings. The van der Waals surface area contributed by atoms with Gasteiger partial charge in [-0.15, -0.1) is 0 Å². The summed E-state index contributed by atoms with van der Waals surface area (Å²) in [6.07, 6.45) is -2.26. The van der Waals surface area contributed by atoms with Gasteiger partial charge in [-0.2, -0.15) is 13.2 Å².